The average molecular weight is 434 g/mol. The Morgan fingerprint density at radius 1 is 1.03 bits per heavy atom. The number of carbonyl (C=O) groups is 2. The molecule has 3 rings (SSSR count). The van der Waals surface area contributed by atoms with Gasteiger partial charge in [0.2, 0.25) is 15.9 Å². The molecular weight excluding hydrogens is 409 g/mol. The Hall–Kier alpha value is -2.78. The van der Waals surface area contributed by atoms with Crippen LogP contribution in [0.5, 0.6) is 0 Å². The molecule has 0 aromatic heterocycles. The van der Waals surface area contributed by atoms with Crippen LogP contribution < -0.4 is 11.1 Å². The van der Waals surface area contributed by atoms with Crippen molar-refractivity contribution in [1.29, 1.82) is 0 Å². The van der Waals surface area contributed by atoms with E-state index in [-0.39, 0.29) is 28.5 Å². The first kappa shape index (κ1) is 21.9. The van der Waals surface area contributed by atoms with Crippen LogP contribution in [0.1, 0.15) is 41.6 Å². The predicted octanol–water partition coefficient (Wildman–Crippen LogP) is 2.67. The fraction of sp³-hybridized carbons (Fsp3) is 0.333. The van der Waals surface area contributed by atoms with Crippen molar-refractivity contribution in [1.82, 2.24) is 4.31 Å². The zero-order valence-corrected chi connectivity index (χ0v) is 17.3. The number of rotatable bonds is 7. The van der Waals surface area contributed by atoms with Crippen LogP contribution in [0, 0.1) is 5.82 Å². The van der Waals surface area contributed by atoms with Crippen molar-refractivity contribution in [3.8, 4) is 0 Å². The molecule has 2 aromatic rings. The SMILES string of the molecule is NC(=O)c1cc(NC(=O)CCc2ccc(S(=O)(=O)N3CCCCC3)cc2)ccc1F. The van der Waals surface area contributed by atoms with Crippen LogP contribution in [0.15, 0.2) is 47.4 Å². The number of sulfonamides is 1. The second-order valence-corrected chi connectivity index (χ2v) is 9.15. The third-order valence-electron chi connectivity index (χ3n) is 5.03. The van der Waals surface area contributed by atoms with E-state index in [0.29, 0.717) is 19.5 Å². The number of amides is 2. The Morgan fingerprint density at radius 2 is 1.70 bits per heavy atom. The highest BCUT2D eigenvalue weighted by Gasteiger charge is 2.25. The van der Waals surface area contributed by atoms with E-state index in [1.165, 1.54) is 16.4 Å². The molecule has 7 nitrogen and oxygen atoms in total. The molecule has 9 heteroatoms. The van der Waals surface area contributed by atoms with Gasteiger partial charge in [-0.2, -0.15) is 4.31 Å². The minimum absolute atomic E-state index is 0.140. The van der Waals surface area contributed by atoms with E-state index in [1.807, 2.05) is 0 Å². The van der Waals surface area contributed by atoms with Gasteiger partial charge in [-0.1, -0.05) is 18.6 Å². The molecule has 3 N–H and O–H groups in total. The topological polar surface area (TPSA) is 110 Å². The number of nitrogens with one attached hydrogen (secondary N) is 1. The lowest BCUT2D eigenvalue weighted by Gasteiger charge is -2.25. The van der Waals surface area contributed by atoms with Crippen LogP contribution in [0.25, 0.3) is 0 Å². The van der Waals surface area contributed by atoms with E-state index < -0.39 is 21.7 Å². The number of piperidine rings is 1. The number of aryl methyl sites for hydroxylation is 1. The first-order valence-electron chi connectivity index (χ1n) is 9.75. The van der Waals surface area contributed by atoms with E-state index in [9.17, 15) is 22.4 Å². The molecule has 0 saturated carbocycles. The third-order valence-corrected chi connectivity index (χ3v) is 6.95. The summed E-state index contributed by atoms with van der Waals surface area (Å²) >= 11 is 0. The van der Waals surface area contributed by atoms with E-state index >= 15 is 0 Å². The van der Waals surface area contributed by atoms with E-state index in [0.717, 1.165) is 30.9 Å². The molecule has 2 aromatic carbocycles. The standard InChI is InChI=1S/C21H24FN3O4S/c22-19-10-7-16(14-18(19)21(23)27)24-20(26)11-6-15-4-8-17(9-5-15)30(28,29)25-12-2-1-3-13-25/h4-5,7-10,14H,1-3,6,11-13H2,(H2,23,27)(H,24,26). The van der Waals surface area contributed by atoms with Gasteiger partial charge in [-0.05, 0) is 55.2 Å². The molecule has 0 atom stereocenters. The van der Waals surface area contributed by atoms with Gasteiger partial charge in [0.05, 0.1) is 10.5 Å². The average Bonchev–Trinajstić information content (AvgIpc) is 2.74. The molecule has 2 amide bonds. The monoisotopic (exact) mass is 433 g/mol. The van der Waals surface area contributed by atoms with E-state index in [4.69, 9.17) is 5.73 Å². The highest BCUT2D eigenvalue weighted by atomic mass is 32.2. The van der Waals surface area contributed by atoms with Crippen LogP contribution in [-0.4, -0.2) is 37.6 Å². The van der Waals surface area contributed by atoms with Crippen molar-refractivity contribution in [3.05, 3.63) is 59.4 Å². The summed E-state index contributed by atoms with van der Waals surface area (Å²) < 4.78 is 40.4. The number of primary amides is 1. The van der Waals surface area contributed by atoms with Crippen LogP contribution in [0.4, 0.5) is 10.1 Å². The second-order valence-electron chi connectivity index (χ2n) is 7.22. The number of nitrogens with zero attached hydrogens (tertiary/aromatic N) is 1. The Bertz CT molecular complexity index is 1030. The van der Waals surface area contributed by atoms with E-state index in [2.05, 4.69) is 5.32 Å². The zero-order valence-electron chi connectivity index (χ0n) is 16.4. The lowest BCUT2D eigenvalue weighted by molar-refractivity contribution is -0.116. The molecular formula is C21H24FN3O4S. The van der Waals surface area contributed by atoms with Gasteiger partial charge in [-0.15, -0.1) is 0 Å². The molecule has 30 heavy (non-hydrogen) atoms. The number of hydrogen-bond donors (Lipinski definition) is 2. The highest BCUT2D eigenvalue weighted by molar-refractivity contribution is 7.89. The maximum absolute atomic E-state index is 13.5. The summed E-state index contributed by atoms with van der Waals surface area (Å²) in [5.74, 6) is -1.98. The normalized spacial score (nSPS) is 15.0. The van der Waals surface area contributed by atoms with Crippen molar-refractivity contribution in [2.24, 2.45) is 5.73 Å². The van der Waals surface area contributed by atoms with Gasteiger partial charge in [0.15, 0.2) is 0 Å². The van der Waals surface area contributed by atoms with Gasteiger partial charge in [0.1, 0.15) is 5.82 Å². The lowest BCUT2D eigenvalue weighted by Crippen LogP contribution is -2.35. The summed E-state index contributed by atoms with van der Waals surface area (Å²) in [5, 5.41) is 2.60. The Kier molecular flexibility index (Phi) is 6.84. The molecule has 1 aliphatic heterocycles. The van der Waals surface area contributed by atoms with Gasteiger partial charge in [-0.25, -0.2) is 12.8 Å². The first-order valence-corrected chi connectivity index (χ1v) is 11.2. The van der Waals surface area contributed by atoms with Gasteiger partial charge in [0.25, 0.3) is 5.91 Å². The van der Waals surface area contributed by atoms with E-state index in [1.54, 1.807) is 24.3 Å². The first-order chi connectivity index (χ1) is 14.3. The summed E-state index contributed by atoms with van der Waals surface area (Å²) in [7, 11) is -3.48. The maximum atomic E-state index is 13.5. The third kappa shape index (κ3) is 5.22. The number of carbonyl (C=O) groups excluding carboxylic acids is 2. The largest absolute Gasteiger partial charge is 0.366 e. The molecule has 0 unspecified atom stereocenters. The molecule has 0 bridgehead atoms. The molecule has 0 spiro atoms. The van der Waals surface area contributed by atoms with Crippen LogP contribution in [-0.2, 0) is 21.2 Å². The number of halogens is 1. The Balaban J connectivity index is 1.58. The smallest absolute Gasteiger partial charge is 0.251 e. The fourth-order valence-corrected chi connectivity index (χ4v) is 4.87. The summed E-state index contributed by atoms with van der Waals surface area (Å²) in [4.78, 5) is 23.6. The molecule has 1 heterocycles. The van der Waals surface area contributed by atoms with Gasteiger partial charge < -0.3 is 11.1 Å². The molecule has 1 saturated heterocycles. The second kappa shape index (κ2) is 9.36. The van der Waals surface area contributed by atoms with Gasteiger partial charge in [0, 0.05) is 25.2 Å². The summed E-state index contributed by atoms with van der Waals surface area (Å²) in [5.41, 5.74) is 5.90. The summed E-state index contributed by atoms with van der Waals surface area (Å²) in [6.07, 6.45) is 3.35. The molecule has 0 aliphatic carbocycles. The van der Waals surface area contributed by atoms with Crippen molar-refractivity contribution in [2.75, 3.05) is 18.4 Å². The minimum atomic E-state index is -3.48. The predicted molar refractivity (Wildman–Crippen MR) is 111 cm³/mol. The fourth-order valence-electron chi connectivity index (χ4n) is 3.36. The quantitative estimate of drug-likeness (QED) is 0.699. The highest BCUT2D eigenvalue weighted by Crippen LogP contribution is 2.21. The molecule has 1 aliphatic rings. The van der Waals surface area contributed by atoms with Crippen LogP contribution in [0.3, 0.4) is 0 Å². The minimum Gasteiger partial charge on any atom is -0.366 e. The lowest BCUT2D eigenvalue weighted by atomic mass is 10.1. The van der Waals surface area contributed by atoms with Crippen molar-refractivity contribution < 1.29 is 22.4 Å². The maximum Gasteiger partial charge on any atom is 0.251 e. The number of nitrogens with two attached hydrogens (primary N) is 1. The van der Waals surface area contributed by atoms with Crippen LogP contribution in [0.2, 0.25) is 0 Å². The molecule has 160 valence electrons. The van der Waals surface area contributed by atoms with Crippen molar-refractivity contribution in [3.63, 3.8) is 0 Å². The number of anilines is 1. The van der Waals surface area contributed by atoms with Crippen LogP contribution >= 0.6 is 0 Å². The van der Waals surface area contributed by atoms with Gasteiger partial charge in [-0.3, -0.25) is 9.59 Å². The summed E-state index contributed by atoms with van der Waals surface area (Å²) in [6.45, 7) is 1.09. The molecule has 0 radical (unpaired) electrons. The number of hydrogen-bond acceptors (Lipinski definition) is 4. The molecule has 1 fully saturated rings. The Morgan fingerprint density at radius 3 is 2.33 bits per heavy atom. The Labute approximate surface area is 175 Å². The van der Waals surface area contributed by atoms with Gasteiger partial charge >= 0.3 is 0 Å². The zero-order chi connectivity index (χ0) is 21.7. The summed E-state index contributed by atoms with van der Waals surface area (Å²) in [6, 6.07) is 10.1. The van der Waals surface area contributed by atoms with Crippen molar-refractivity contribution in [2.45, 2.75) is 37.0 Å². The number of benzene rings is 2. The van der Waals surface area contributed by atoms with Crippen molar-refractivity contribution >= 4 is 27.5 Å².